The number of nitrogens with zero attached hydrogens (tertiary/aromatic N) is 5. The van der Waals surface area contributed by atoms with Crippen LogP contribution in [0.3, 0.4) is 0 Å². The molecule has 1 N–H and O–H groups in total. The van der Waals surface area contributed by atoms with Gasteiger partial charge in [0.05, 0.1) is 38.4 Å². The second-order valence-corrected chi connectivity index (χ2v) is 5.67. The number of non-ortho nitro benzene ring substituents is 2. The van der Waals surface area contributed by atoms with E-state index in [0.717, 1.165) is 12.1 Å². The smallest absolute Gasteiger partial charge is 0.301 e. The van der Waals surface area contributed by atoms with Crippen molar-refractivity contribution in [2.24, 2.45) is 5.10 Å². The van der Waals surface area contributed by atoms with Gasteiger partial charge in [0.2, 0.25) is 0 Å². The van der Waals surface area contributed by atoms with Crippen LogP contribution in [0.15, 0.2) is 65.9 Å². The van der Waals surface area contributed by atoms with Gasteiger partial charge in [0, 0.05) is 24.4 Å². The van der Waals surface area contributed by atoms with Crippen molar-refractivity contribution in [3.63, 3.8) is 0 Å². The molecule has 0 unspecified atom stereocenters. The van der Waals surface area contributed by atoms with Gasteiger partial charge in [0.15, 0.2) is 0 Å². The summed E-state index contributed by atoms with van der Waals surface area (Å²) in [6.45, 7) is 0. The van der Waals surface area contributed by atoms with E-state index in [9.17, 15) is 30.3 Å². The Labute approximate surface area is 162 Å². The van der Waals surface area contributed by atoms with Crippen LogP contribution in [0, 0.1) is 30.3 Å². The molecule has 146 valence electrons. The van der Waals surface area contributed by atoms with Gasteiger partial charge in [0.25, 0.3) is 11.4 Å². The summed E-state index contributed by atoms with van der Waals surface area (Å²) in [6.07, 6.45) is 3.04. The average Bonchev–Trinajstić information content (AvgIpc) is 3.16. The lowest BCUT2D eigenvalue weighted by Crippen LogP contribution is -2.01. The second kappa shape index (κ2) is 7.96. The lowest BCUT2D eigenvalue weighted by atomic mass is 10.2. The summed E-state index contributed by atoms with van der Waals surface area (Å²) in [5, 5.41) is 36.8. The maximum atomic E-state index is 11.1. The molecule has 0 aliphatic carbocycles. The zero-order valence-corrected chi connectivity index (χ0v) is 14.5. The number of benzene rings is 2. The second-order valence-electron chi connectivity index (χ2n) is 5.67. The molecular weight excluding hydrogens is 384 g/mol. The Bertz CT molecular complexity index is 1140. The van der Waals surface area contributed by atoms with Crippen molar-refractivity contribution >= 4 is 29.0 Å². The first-order chi connectivity index (χ1) is 13.9. The summed E-state index contributed by atoms with van der Waals surface area (Å²) in [7, 11) is 0. The van der Waals surface area contributed by atoms with Crippen LogP contribution in [-0.4, -0.2) is 25.6 Å². The molecule has 29 heavy (non-hydrogen) atoms. The molecule has 3 aromatic rings. The molecule has 0 atom stereocenters. The molecule has 0 radical (unpaired) electrons. The van der Waals surface area contributed by atoms with Gasteiger partial charge in [-0.25, -0.2) is 0 Å². The Morgan fingerprint density at radius 2 is 1.59 bits per heavy atom. The van der Waals surface area contributed by atoms with Crippen LogP contribution in [0.25, 0.3) is 5.69 Å². The Morgan fingerprint density at radius 3 is 2.28 bits per heavy atom. The van der Waals surface area contributed by atoms with E-state index in [4.69, 9.17) is 0 Å². The third-order valence-electron chi connectivity index (χ3n) is 3.87. The predicted octanol–water partition coefficient (Wildman–Crippen LogP) is 3.65. The van der Waals surface area contributed by atoms with Crippen molar-refractivity contribution in [2.45, 2.75) is 0 Å². The molecule has 0 saturated carbocycles. The maximum absolute atomic E-state index is 11.1. The van der Waals surface area contributed by atoms with E-state index in [1.54, 1.807) is 35.0 Å². The topological polar surface area (TPSA) is 159 Å². The summed E-state index contributed by atoms with van der Waals surface area (Å²) in [4.78, 5) is 30.9. The van der Waals surface area contributed by atoms with Crippen molar-refractivity contribution < 1.29 is 14.8 Å². The Kier molecular flexibility index (Phi) is 5.26. The molecule has 3 rings (SSSR count). The van der Waals surface area contributed by atoms with Gasteiger partial charge >= 0.3 is 5.69 Å². The number of hydrogen-bond donors (Lipinski definition) is 1. The molecule has 2 aromatic carbocycles. The third-order valence-corrected chi connectivity index (χ3v) is 3.87. The first-order valence-corrected chi connectivity index (χ1v) is 8.01. The molecule has 1 heterocycles. The highest BCUT2D eigenvalue weighted by Crippen LogP contribution is 2.29. The minimum atomic E-state index is -0.753. The van der Waals surface area contributed by atoms with Crippen LogP contribution in [-0.2, 0) is 0 Å². The van der Waals surface area contributed by atoms with Crippen molar-refractivity contribution in [3.8, 4) is 5.69 Å². The fourth-order valence-corrected chi connectivity index (χ4v) is 2.54. The summed E-state index contributed by atoms with van der Waals surface area (Å²) in [5.41, 5.74) is 2.57. The van der Waals surface area contributed by atoms with Gasteiger partial charge in [-0.3, -0.25) is 35.8 Å². The molecule has 0 fully saturated rings. The van der Waals surface area contributed by atoms with Gasteiger partial charge in [-0.2, -0.15) is 5.10 Å². The van der Waals surface area contributed by atoms with E-state index < -0.39 is 26.1 Å². The molecule has 0 saturated heterocycles. The normalized spacial score (nSPS) is 10.8. The fourth-order valence-electron chi connectivity index (χ4n) is 2.54. The van der Waals surface area contributed by atoms with Crippen LogP contribution in [0.2, 0.25) is 0 Å². The number of aromatic nitrogens is 1. The molecular formula is C17H12N6O6. The van der Waals surface area contributed by atoms with Crippen molar-refractivity contribution in [1.29, 1.82) is 0 Å². The summed E-state index contributed by atoms with van der Waals surface area (Å²) < 4.78 is 1.64. The minimum Gasteiger partial charge on any atom is -0.315 e. The average molecular weight is 396 g/mol. The Balaban J connectivity index is 1.85. The van der Waals surface area contributed by atoms with Gasteiger partial charge in [-0.15, -0.1) is 0 Å². The van der Waals surface area contributed by atoms with Crippen molar-refractivity contribution in [1.82, 2.24) is 4.57 Å². The SMILES string of the molecule is O=[N+]([O-])c1cccc(-n2cccc2C=NNc2ccc([N+](=O)[O-])cc2[N+](=O)[O-])c1. The molecule has 0 aliphatic rings. The first kappa shape index (κ1) is 19.2. The summed E-state index contributed by atoms with van der Waals surface area (Å²) in [5.74, 6) is 0. The lowest BCUT2D eigenvalue weighted by molar-refractivity contribution is -0.393. The van der Waals surface area contributed by atoms with E-state index in [2.05, 4.69) is 10.5 Å². The number of hydrazone groups is 1. The largest absolute Gasteiger partial charge is 0.315 e. The monoisotopic (exact) mass is 396 g/mol. The number of rotatable bonds is 7. The zero-order valence-electron chi connectivity index (χ0n) is 14.5. The molecule has 0 amide bonds. The number of nitrogens with one attached hydrogen (secondary N) is 1. The quantitative estimate of drug-likeness (QED) is 0.362. The minimum absolute atomic E-state index is 0.0229. The van der Waals surface area contributed by atoms with Crippen LogP contribution < -0.4 is 5.43 Å². The molecule has 12 heteroatoms. The number of nitro groups is 3. The van der Waals surface area contributed by atoms with Crippen molar-refractivity contribution in [2.75, 3.05) is 5.43 Å². The van der Waals surface area contributed by atoms with Crippen molar-refractivity contribution in [3.05, 3.63) is 96.8 Å². The van der Waals surface area contributed by atoms with Crippen LogP contribution in [0.4, 0.5) is 22.7 Å². The Hall–Kier alpha value is -4.61. The summed E-state index contributed by atoms with van der Waals surface area (Å²) in [6, 6.07) is 12.5. The van der Waals surface area contributed by atoms with Crippen LogP contribution in [0.1, 0.15) is 5.69 Å². The van der Waals surface area contributed by atoms with Gasteiger partial charge in [-0.05, 0) is 24.3 Å². The maximum Gasteiger partial charge on any atom is 0.301 e. The highest BCUT2D eigenvalue weighted by molar-refractivity contribution is 5.80. The number of anilines is 1. The number of nitro benzene ring substituents is 3. The van der Waals surface area contributed by atoms with E-state index in [0.29, 0.717) is 11.4 Å². The Morgan fingerprint density at radius 1 is 0.862 bits per heavy atom. The zero-order chi connectivity index (χ0) is 21.0. The molecule has 0 bridgehead atoms. The van der Waals surface area contributed by atoms with E-state index >= 15 is 0 Å². The molecule has 0 spiro atoms. The van der Waals surface area contributed by atoms with Crippen LogP contribution >= 0.6 is 0 Å². The first-order valence-electron chi connectivity index (χ1n) is 8.01. The lowest BCUT2D eigenvalue weighted by Gasteiger charge is -2.06. The fraction of sp³-hybridized carbons (Fsp3) is 0. The molecule has 12 nitrogen and oxygen atoms in total. The third kappa shape index (κ3) is 4.21. The van der Waals surface area contributed by atoms with E-state index in [1.165, 1.54) is 24.4 Å². The van der Waals surface area contributed by atoms with Gasteiger partial charge in [-0.1, -0.05) is 6.07 Å². The highest BCUT2D eigenvalue weighted by Gasteiger charge is 2.19. The van der Waals surface area contributed by atoms with Gasteiger partial charge in [0.1, 0.15) is 5.69 Å². The predicted molar refractivity (Wildman–Crippen MR) is 103 cm³/mol. The van der Waals surface area contributed by atoms with E-state index in [-0.39, 0.29) is 11.4 Å². The number of hydrogen-bond acceptors (Lipinski definition) is 8. The van der Waals surface area contributed by atoms with Crippen LogP contribution in [0.5, 0.6) is 0 Å². The van der Waals surface area contributed by atoms with E-state index in [1.807, 2.05) is 0 Å². The molecule has 0 aliphatic heterocycles. The standard InChI is InChI=1S/C17H12N6O6/c24-21(25)13-4-1-3-12(9-13)20-8-2-5-15(20)11-18-19-16-7-6-14(22(26)27)10-17(16)23(28)29/h1-11,19H. The highest BCUT2D eigenvalue weighted by atomic mass is 16.6. The molecule has 1 aromatic heterocycles. The van der Waals surface area contributed by atoms with Gasteiger partial charge < -0.3 is 4.57 Å². The summed E-state index contributed by atoms with van der Waals surface area (Å²) >= 11 is 0.